The van der Waals surface area contributed by atoms with Gasteiger partial charge in [0.1, 0.15) is 0 Å². The van der Waals surface area contributed by atoms with Gasteiger partial charge in [-0.1, -0.05) is 30.3 Å². The van der Waals surface area contributed by atoms with Crippen LogP contribution in [0.25, 0.3) is 0 Å². The number of nitrogens with zero attached hydrogens (tertiary/aromatic N) is 1. The van der Waals surface area contributed by atoms with Crippen LogP contribution in [-0.2, 0) is 10.2 Å². The molecule has 1 aromatic carbocycles. The van der Waals surface area contributed by atoms with E-state index in [-0.39, 0.29) is 5.41 Å². The standard InChI is InChI=1S/C18H30N2O/c1-16(2)20(13-14-21-3)15-18(9-11-19-12-10-18)17-7-5-4-6-8-17/h4-8,16,19H,9-15H2,1-3H3. The van der Waals surface area contributed by atoms with Crippen LogP contribution in [0, 0.1) is 0 Å². The number of piperidine rings is 1. The molecule has 1 N–H and O–H groups in total. The SMILES string of the molecule is COCCN(CC1(c2ccccc2)CCNCC1)C(C)C. The van der Waals surface area contributed by atoms with Gasteiger partial charge in [-0.3, -0.25) is 4.90 Å². The van der Waals surface area contributed by atoms with Crippen molar-refractivity contribution in [3.05, 3.63) is 35.9 Å². The van der Waals surface area contributed by atoms with E-state index in [9.17, 15) is 0 Å². The van der Waals surface area contributed by atoms with Crippen LogP contribution < -0.4 is 5.32 Å². The Morgan fingerprint density at radius 1 is 1.19 bits per heavy atom. The predicted molar refractivity (Wildman–Crippen MR) is 88.8 cm³/mol. The van der Waals surface area contributed by atoms with Crippen molar-refractivity contribution >= 4 is 0 Å². The molecule has 0 spiro atoms. The van der Waals surface area contributed by atoms with Crippen LogP contribution in [0.1, 0.15) is 32.3 Å². The molecule has 0 aromatic heterocycles. The van der Waals surface area contributed by atoms with Gasteiger partial charge in [0.05, 0.1) is 6.61 Å². The molecule has 0 bridgehead atoms. The molecule has 1 aliphatic heterocycles. The second-order valence-electron chi connectivity index (χ2n) is 6.45. The average Bonchev–Trinajstić information content (AvgIpc) is 2.53. The molecule has 2 rings (SSSR count). The molecule has 1 saturated heterocycles. The van der Waals surface area contributed by atoms with Crippen molar-refractivity contribution in [3.8, 4) is 0 Å². The summed E-state index contributed by atoms with van der Waals surface area (Å²) in [6, 6.07) is 11.6. The average molecular weight is 290 g/mol. The molecule has 0 unspecified atom stereocenters. The fourth-order valence-corrected chi connectivity index (χ4v) is 3.35. The van der Waals surface area contributed by atoms with Gasteiger partial charge in [0.15, 0.2) is 0 Å². The molecule has 3 heteroatoms. The van der Waals surface area contributed by atoms with Gasteiger partial charge in [-0.05, 0) is 45.3 Å². The maximum atomic E-state index is 5.30. The number of benzene rings is 1. The van der Waals surface area contributed by atoms with Crippen molar-refractivity contribution in [1.82, 2.24) is 10.2 Å². The molecule has 1 fully saturated rings. The Kier molecular flexibility index (Phi) is 6.22. The smallest absolute Gasteiger partial charge is 0.0589 e. The Hall–Kier alpha value is -0.900. The first kappa shape index (κ1) is 16.5. The molecular weight excluding hydrogens is 260 g/mol. The molecule has 3 nitrogen and oxygen atoms in total. The summed E-state index contributed by atoms with van der Waals surface area (Å²) in [5.41, 5.74) is 1.78. The molecule has 1 aromatic rings. The highest BCUT2D eigenvalue weighted by molar-refractivity contribution is 5.27. The monoisotopic (exact) mass is 290 g/mol. The minimum Gasteiger partial charge on any atom is -0.383 e. The summed E-state index contributed by atoms with van der Waals surface area (Å²) in [5.74, 6) is 0. The maximum Gasteiger partial charge on any atom is 0.0589 e. The van der Waals surface area contributed by atoms with Crippen molar-refractivity contribution in [2.75, 3.05) is 39.9 Å². The van der Waals surface area contributed by atoms with Gasteiger partial charge < -0.3 is 10.1 Å². The predicted octanol–water partition coefficient (Wildman–Crippen LogP) is 2.66. The lowest BCUT2D eigenvalue weighted by Crippen LogP contribution is -2.50. The molecule has 0 radical (unpaired) electrons. The second-order valence-corrected chi connectivity index (χ2v) is 6.45. The summed E-state index contributed by atoms with van der Waals surface area (Å²) in [6.07, 6.45) is 2.43. The zero-order chi connectivity index (χ0) is 15.1. The van der Waals surface area contributed by atoms with Crippen molar-refractivity contribution < 1.29 is 4.74 Å². The van der Waals surface area contributed by atoms with Crippen LogP contribution in [0.2, 0.25) is 0 Å². The van der Waals surface area contributed by atoms with Crippen LogP contribution in [0.5, 0.6) is 0 Å². The third-order valence-electron chi connectivity index (χ3n) is 4.77. The number of ether oxygens (including phenoxy) is 1. The van der Waals surface area contributed by atoms with Crippen LogP contribution in [-0.4, -0.2) is 50.8 Å². The first-order chi connectivity index (χ1) is 10.2. The normalized spacial score (nSPS) is 18.3. The molecule has 0 amide bonds. The summed E-state index contributed by atoms with van der Waals surface area (Å²) in [5, 5.41) is 3.51. The maximum absolute atomic E-state index is 5.30. The van der Waals surface area contributed by atoms with E-state index in [2.05, 4.69) is 54.4 Å². The third kappa shape index (κ3) is 4.29. The van der Waals surface area contributed by atoms with E-state index in [4.69, 9.17) is 4.74 Å². The number of rotatable bonds is 7. The molecule has 21 heavy (non-hydrogen) atoms. The Labute approximate surface area is 129 Å². The van der Waals surface area contributed by atoms with Crippen molar-refractivity contribution in [2.24, 2.45) is 0 Å². The highest BCUT2D eigenvalue weighted by Gasteiger charge is 2.35. The van der Waals surface area contributed by atoms with E-state index in [1.54, 1.807) is 7.11 Å². The van der Waals surface area contributed by atoms with E-state index in [1.807, 2.05) is 0 Å². The fraction of sp³-hybridized carbons (Fsp3) is 0.667. The third-order valence-corrected chi connectivity index (χ3v) is 4.77. The Bertz CT molecular complexity index is 399. The minimum atomic E-state index is 0.282. The van der Waals surface area contributed by atoms with Crippen molar-refractivity contribution in [1.29, 1.82) is 0 Å². The topological polar surface area (TPSA) is 24.5 Å². The number of hydrogen-bond donors (Lipinski definition) is 1. The lowest BCUT2D eigenvalue weighted by Gasteiger charge is -2.43. The van der Waals surface area contributed by atoms with E-state index >= 15 is 0 Å². The van der Waals surface area contributed by atoms with E-state index < -0.39 is 0 Å². The Morgan fingerprint density at radius 2 is 1.86 bits per heavy atom. The molecule has 0 atom stereocenters. The van der Waals surface area contributed by atoms with Gasteiger partial charge in [-0.25, -0.2) is 0 Å². The first-order valence-corrected chi connectivity index (χ1v) is 8.17. The zero-order valence-electron chi connectivity index (χ0n) is 13.8. The summed E-state index contributed by atoms with van der Waals surface area (Å²) in [6.45, 7) is 9.75. The first-order valence-electron chi connectivity index (χ1n) is 8.17. The minimum absolute atomic E-state index is 0.282. The molecule has 0 aliphatic carbocycles. The molecule has 0 saturated carbocycles. The zero-order valence-corrected chi connectivity index (χ0v) is 13.8. The fourth-order valence-electron chi connectivity index (χ4n) is 3.35. The highest BCUT2D eigenvalue weighted by Crippen LogP contribution is 2.34. The van der Waals surface area contributed by atoms with Crippen LogP contribution in [0.4, 0.5) is 0 Å². The summed E-state index contributed by atoms with van der Waals surface area (Å²) < 4.78 is 5.30. The second kappa shape index (κ2) is 7.92. The molecular formula is C18H30N2O. The van der Waals surface area contributed by atoms with Crippen LogP contribution in [0.3, 0.4) is 0 Å². The van der Waals surface area contributed by atoms with Crippen molar-refractivity contribution in [3.63, 3.8) is 0 Å². The molecule has 1 aliphatic rings. The summed E-state index contributed by atoms with van der Waals surface area (Å²) >= 11 is 0. The van der Waals surface area contributed by atoms with E-state index in [1.165, 1.54) is 18.4 Å². The van der Waals surface area contributed by atoms with Gasteiger partial charge in [-0.2, -0.15) is 0 Å². The lowest BCUT2D eigenvalue weighted by molar-refractivity contribution is 0.0982. The van der Waals surface area contributed by atoms with Gasteiger partial charge in [0.2, 0.25) is 0 Å². The summed E-state index contributed by atoms with van der Waals surface area (Å²) in [7, 11) is 1.79. The molecule has 1 heterocycles. The lowest BCUT2D eigenvalue weighted by atomic mass is 9.72. The van der Waals surface area contributed by atoms with Gasteiger partial charge in [0, 0.05) is 31.7 Å². The number of methoxy groups -OCH3 is 1. The van der Waals surface area contributed by atoms with E-state index in [0.717, 1.165) is 32.8 Å². The number of nitrogens with one attached hydrogen (secondary N) is 1. The Morgan fingerprint density at radius 3 is 2.43 bits per heavy atom. The quantitative estimate of drug-likeness (QED) is 0.835. The van der Waals surface area contributed by atoms with Crippen LogP contribution >= 0.6 is 0 Å². The van der Waals surface area contributed by atoms with Gasteiger partial charge in [-0.15, -0.1) is 0 Å². The van der Waals surface area contributed by atoms with Gasteiger partial charge >= 0.3 is 0 Å². The van der Waals surface area contributed by atoms with E-state index in [0.29, 0.717) is 6.04 Å². The van der Waals surface area contributed by atoms with Crippen LogP contribution in [0.15, 0.2) is 30.3 Å². The van der Waals surface area contributed by atoms with Crippen molar-refractivity contribution in [2.45, 2.75) is 38.1 Å². The Balaban J connectivity index is 2.19. The molecule has 118 valence electrons. The largest absolute Gasteiger partial charge is 0.383 e. The van der Waals surface area contributed by atoms with Gasteiger partial charge in [0.25, 0.3) is 0 Å². The number of hydrogen-bond acceptors (Lipinski definition) is 3. The summed E-state index contributed by atoms with van der Waals surface area (Å²) in [4.78, 5) is 2.57. The highest BCUT2D eigenvalue weighted by atomic mass is 16.5.